The van der Waals surface area contributed by atoms with E-state index < -0.39 is 29.7 Å². The van der Waals surface area contributed by atoms with Crippen molar-refractivity contribution in [3.8, 4) is 0 Å². The minimum absolute atomic E-state index is 0.102. The Hall–Kier alpha value is -4.00. The van der Waals surface area contributed by atoms with E-state index in [9.17, 15) is 28.8 Å². The molecule has 192 valence electrons. The van der Waals surface area contributed by atoms with E-state index in [0.29, 0.717) is 12.1 Å². The van der Waals surface area contributed by atoms with Crippen molar-refractivity contribution in [3.63, 3.8) is 0 Å². The Bertz CT molecular complexity index is 904. The highest BCUT2D eigenvalue weighted by atomic mass is 16.5. The van der Waals surface area contributed by atoms with Gasteiger partial charge in [0.2, 0.25) is 23.6 Å². The highest BCUT2D eigenvalue weighted by Crippen LogP contribution is 2.12. The van der Waals surface area contributed by atoms with E-state index >= 15 is 0 Å². The molecule has 1 rings (SSSR count). The maximum Gasteiger partial charge on any atom is 0.325 e. The van der Waals surface area contributed by atoms with Crippen LogP contribution in [0.2, 0.25) is 0 Å². The number of hydrogen-bond acceptors (Lipinski definition) is 9. The Labute approximate surface area is 202 Å². The molecular weight excluding hydrogens is 462 g/mol. The van der Waals surface area contributed by atoms with Crippen LogP contribution in [0.4, 0.5) is 5.69 Å². The zero-order valence-corrected chi connectivity index (χ0v) is 19.9. The van der Waals surface area contributed by atoms with E-state index in [4.69, 9.17) is 4.74 Å². The van der Waals surface area contributed by atoms with Crippen molar-refractivity contribution >= 4 is 41.3 Å². The van der Waals surface area contributed by atoms with Crippen LogP contribution in [0, 0.1) is 0 Å². The molecule has 0 aromatic heterocycles. The minimum atomic E-state index is -0.628. The van der Waals surface area contributed by atoms with Gasteiger partial charge in [0.1, 0.15) is 12.6 Å². The summed E-state index contributed by atoms with van der Waals surface area (Å²) in [5, 5.41) is 12.4. The molecule has 13 nitrogen and oxygen atoms in total. The first kappa shape index (κ1) is 29.0. The highest BCUT2D eigenvalue weighted by molar-refractivity contribution is 5.94. The van der Waals surface area contributed by atoms with Crippen LogP contribution in [0.15, 0.2) is 24.3 Å². The lowest BCUT2D eigenvalue weighted by atomic mass is 10.1. The summed E-state index contributed by atoms with van der Waals surface area (Å²) in [4.78, 5) is 69.7. The number of rotatable bonds is 14. The first-order chi connectivity index (χ1) is 16.7. The Morgan fingerprint density at radius 2 is 1.29 bits per heavy atom. The number of likely N-dealkylation sites (N-methyl/N-ethyl adjacent to an activating group) is 1. The van der Waals surface area contributed by atoms with E-state index in [2.05, 4.69) is 31.3 Å². The molecule has 0 aliphatic heterocycles. The molecule has 0 aliphatic rings. The van der Waals surface area contributed by atoms with Gasteiger partial charge in [-0.15, -0.1) is 0 Å². The van der Waals surface area contributed by atoms with Crippen LogP contribution in [0.5, 0.6) is 0 Å². The fourth-order valence-electron chi connectivity index (χ4n) is 2.67. The minimum Gasteiger partial charge on any atom is -0.468 e. The van der Waals surface area contributed by atoms with Crippen molar-refractivity contribution in [2.75, 3.05) is 46.2 Å². The SMILES string of the molecule is CN[C@@H](Cc1ccc(NC(=O)CCC(=O)NCC(=O)NCC(=O)NCC(=O)OC)cc1)C(=O)OC. The predicted molar refractivity (Wildman–Crippen MR) is 124 cm³/mol. The first-order valence-electron chi connectivity index (χ1n) is 10.7. The molecule has 0 saturated carbocycles. The van der Waals surface area contributed by atoms with Crippen molar-refractivity contribution in [1.82, 2.24) is 21.3 Å². The molecule has 0 spiro atoms. The van der Waals surface area contributed by atoms with Crippen LogP contribution >= 0.6 is 0 Å². The van der Waals surface area contributed by atoms with Gasteiger partial charge in [0, 0.05) is 18.5 Å². The largest absolute Gasteiger partial charge is 0.468 e. The summed E-state index contributed by atoms with van der Waals surface area (Å²) in [5.41, 5.74) is 1.40. The lowest BCUT2D eigenvalue weighted by Crippen LogP contribution is -2.43. The highest BCUT2D eigenvalue weighted by Gasteiger charge is 2.17. The van der Waals surface area contributed by atoms with Crippen LogP contribution in [0.25, 0.3) is 0 Å². The molecular formula is C22H31N5O8. The fourth-order valence-corrected chi connectivity index (χ4v) is 2.67. The number of carbonyl (C=O) groups is 6. The lowest BCUT2D eigenvalue weighted by molar-refractivity contribution is -0.143. The van der Waals surface area contributed by atoms with Crippen LogP contribution < -0.4 is 26.6 Å². The molecule has 5 N–H and O–H groups in total. The third-order valence-electron chi connectivity index (χ3n) is 4.64. The van der Waals surface area contributed by atoms with Crippen LogP contribution in [0.1, 0.15) is 18.4 Å². The molecule has 4 amide bonds. The zero-order chi connectivity index (χ0) is 26.2. The van der Waals surface area contributed by atoms with Gasteiger partial charge in [-0.05, 0) is 31.2 Å². The Morgan fingerprint density at radius 1 is 0.743 bits per heavy atom. The smallest absolute Gasteiger partial charge is 0.325 e. The average Bonchev–Trinajstić information content (AvgIpc) is 2.86. The third kappa shape index (κ3) is 12.1. The molecule has 0 bridgehead atoms. The lowest BCUT2D eigenvalue weighted by Gasteiger charge is -2.14. The summed E-state index contributed by atoms with van der Waals surface area (Å²) in [6.45, 7) is -1.06. The van der Waals surface area contributed by atoms with E-state index in [1.54, 1.807) is 31.3 Å². The first-order valence-corrected chi connectivity index (χ1v) is 10.7. The number of methoxy groups -OCH3 is 2. The van der Waals surface area contributed by atoms with Crippen molar-refractivity contribution in [2.24, 2.45) is 0 Å². The predicted octanol–water partition coefficient (Wildman–Crippen LogP) is -1.77. The van der Waals surface area contributed by atoms with Gasteiger partial charge >= 0.3 is 11.9 Å². The average molecular weight is 494 g/mol. The Morgan fingerprint density at radius 3 is 1.83 bits per heavy atom. The van der Waals surface area contributed by atoms with Gasteiger partial charge < -0.3 is 36.1 Å². The van der Waals surface area contributed by atoms with Crippen LogP contribution in [-0.2, 0) is 44.7 Å². The van der Waals surface area contributed by atoms with Gasteiger partial charge in [-0.3, -0.25) is 28.8 Å². The number of nitrogens with one attached hydrogen (secondary N) is 5. The van der Waals surface area contributed by atoms with Gasteiger partial charge in [-0.25, -0.2) is 0 Å². The number of amides is 4. The van der Waals surface area contributed by atoms with Gasteiger partial charge in [0.25, 0.3) is 0 Å². The van der Waals surface area contributed by atoms with E-state index in [1.165, 1.54) is 14.2 Å². The standard InChI is InChI=1S/C22H31N5O8/c1-23-16(22(33)35-3)10-14-4-6-15(7-5-14)27-18(29)9-8-17(28)24-11-19(30)25-12-20(31)26-13-21(32)34-2/h4-7,16,23H,8-13H2,1-3H3,(H,24,28)(H,25,30)(H,26,31)(H,27,29)/t16-/m0/s1. The number of benzene rings is 1. The molecule has 1 aromatic carbocycles. The molecule has 0 unspecified atom stereocenters. The summed E-state index contributed by atoms with van der Waals surface area (Å²) in [5.74, 6) is -3.10. The fraction of sp³-hybridized carbons (Fsp3) is 0.455. The quantitative estimate of drug-likeness (QED) is 0.187. The molecule has 0 aliphatic carbocycles. The third-order valence-corrected chi connectivity index (χ3v) is 4.64. The second-order valence-corrected chi connectivity index (χ2v) is 7.22. The Balaban J connectivity index is 2.30. The van der Waals surface area contributed by atoms with E-state index in [-0.39, 0.29) is 44.4 Å². The van der Waals surface area contributed by atoms with Crippen molar-refractivity contribution in [3.05, 3.63) is 29.8 Å². The van der Waals surface area contributed by atoms with Crippen LogP contribution in [-0.4, -0.2) is 82.5 Å². The molecule has 0 saturated heterocycles. The second kappa shape index (κ2) is 15.8. The molecule has 0 radical (unpaired) electrons. The van der Waals surface area contributed by atoms with Gasteiger partial charge in [0.15, 0.2) is 0 Å². The molecule has 35 heavy (non-hydrogen) atoms. The molecule has 0 heterocycles. The number of esters is 2. The van der Waals surface area contributed by atoms with Crippen LogP contribution in [0.3, 0.4) is 0 Å². The normalized spacial score (nSPS) is 10.9. The molecule has 1 atom stereocenters. The summed E-state index contributed by atoms with van der Waals surface area (Å²) in [6.07, 6.45) is 0.179. The number of anilines is 1. The maximum absolute atomic E-state index is 12.1. The number of ether oxygens (including phenoxy) is 2. The van der Waals surface area contributed by atoms with Gasteiger partial charge in [-0.2, -0.15) is 0 Å². The molecule has 1 aromatic rings. The van der Waals surface area contributed by atoms with Gasteiger partial charge in [-0.1, -0.05) is 12.1 Å². The topological polar surface area (TPSA) is 181 Å². The molecule has 13 heteroatoms. The molecule has 0 fully saturated rings. The summed E-state index contributed by atoms with van der Waals surface area (Å²) in [7, 11) is 4.15. The monoisotopic (exact) mass is 493 g/mol. The number of hydrogen-bond donors (Lipinski definition) is 5. The van der Waals surface area contributed by atoms with Crippen molar-refractivity contribution < 1.29 is 38.2 Å². The van der Waals surface area contributed by atoms with E-state index in [1.807, 2.05) is 0 Å². The van der Waals surface area contributed by atoms with Gasteiger partial charge in [0.05, 0.1) is 27.3 Å². The summed E-state index contributed by atoms with van der Waals surface area (Å²) in [6, 6.07) is 6.42. The maximum atomic E-state index is 12.1. The second-order valence-electron chi connectivity index (χ2n) is 7.22. The van der Waals surface area contributed by atoms with Crippen molar-refractivity contribution in [1.29, 1.82) is 0 Å². The van der Waals surface area contributed by atoms with Crippen molar-refractivity contribution in [2.45, 2.75) is 25.3 Å². The summed E-state index contributed by atoms with van der Waals surface area (Å²) >= 11 is 0. The number of carbonyl (C=O) groups excluding carboxylic acids is 6. The van der Waals surface area contributed by atoms with E-state index in [0.717, 1.165) is 5.56 Å². The zero-order valence-electron chi connectivity index (χ0n) is 19.9. The Kier molecular flexibility index (Phi) is 13.1. The summed E-state index contributed by atoms with van der Waals surface area (Å²) < 4.78 is 9.09.